The lowest BCUT2D eigenvalue weighted by atomic mass is 10.1. The molecule has 4 heteroatoms. The van der Waals surface area contributed by atoms with Gasteiger partial charge in [-0.05, 0) is 6.07 Å². The number of fused-ring (bicyclic) bond motifs is 3. The third kappa shape index (κ3) is 1.48. The maximum absolute atomic E-state index is 12.1. The number of pyridine rings is 1. The van der Waals surface area contributed by atoms with E-state index in [2.05, 4.69) is 10.2 Å². The molecule has 2 aromatic carbocycles. The summed E-state index contributed by atoms with van der Waals surface area (Å²) >= 11 is 0. The summed E-state index contributed by atoms with van der Waals surface area (Å²) in [5.74, 6) is 0. The first-order chi connectivity index (χ1) is 9.84. The van der Waals surface area contributed by atoms with Gasteiger partial charge in [-0.15, -0.1) is 0 Å². The average molecular weight is 261 g/mol. The van der Waals surface area contributed by atoms with Gasteiger partial charge in [0.05, 0.1) is 22.1 Å². The van der Waals surface area contributed by atoms with Crippen LogP contribution in [0.2, 0.25) is 0 Å². The predicted octanol–water partition coefficient (Wildman–Crippen LogP) is 3.07. The van der Waals surface area contributed by atoms with Crippen LogP contribution in [0.25, 0.3) is 33.1 Å². The molecule has 20 heavy (non-hydrogen) atoms. The van der Waals surface area contributed by atoms with E-state index < -0.39 is 0 Å². The van der Waals surface area contributed by atoms with Crippen LogP contribution in [0.3, 0.4) is 0 Å². The van der Waals surface area contributed by atoms with Gasteiger partial charge in [0.1, 0.15) is 0 Å². The lowest BCUT2D eigenvalue weighted by molar-refractivity contribution is 1.08. The SMILES string of the molecule is O=c1[nH][nH]c2c(-c3ccccc3)nc3ccccc3c12. The standard InChI is InChI=1S/C16H11N3O/c20-16-13-11-8-4-5-9-12(11)17-14(15(13)18-19-16)10-6-2-1-3-7-10/h1-9H,(H2,18,19,20). The Morgan fingerprint density at radius 1 is 0.850 bits per heavy atom. The van der Waals surface area contributed by atoms with Crippen LogP contribution >= 0.6 is 0 Å². The highest BCUT2D eigenvalue weighted by Gasteiger charge is 2.13. The molecule has 0 amide bonds. The number of para-hydroxylation sites is 1. The summed E-state index contributed by atoms with van der Waals surface area (Å²) < 4.78 is 0. The number of aromatic nitrogens is 3. The van der Waals surface area contributed by atoms with Gasteiger partial charge in [-0.3, -0.25) is 15.0 Å². The smallest absolute Gasteiger partial charge is 0.272 e. The Morgan fingerprint density at radius 3 is 2.45 bits per heavy atom. The van der Waals surface area contributed by atoms with Gasteiger partial charge < -0.3 is 0 Å². The molecule has 4 rings (SSSR count). The lowest BCUT2D eigenvalue weighted by Gasteiger charge is -2.05. The van der Waals surface area contributed by atoms with Gasteiger partial charge in [0, 0.05) is 10.9 Å². The highest BCUT2D eigenvalue weighted by atomic mass is 16.1. The van der Waals surface area contributed by atoms with Crippen molar-refractivity contribution >= 4 is 21.8 Å². The van der Waals surface area contributed by atoms with Crippen LogP contribution < -0.4 is 5.56 Å². The quantitative estimate of drug-likeness (QED) is 0.553. The third-order valence-corrected chi connectivity index (χ3v) is 3.47. The Labute approximate surface area is 114 Å². The molecule has 0 saturated heterocycles. The average Bonchev–Trinajstić information content (AvgIpc) is 2.90. The molecular weight excluding hydrogens is 250 g/mol. The Balaban J connectivity index is 2.23. The van der Waals surface area contributed by atoms with Crippen molar-refractivity contribution in [1.29, 1.82) is 0 Å². The van der Waals surface area contributed by atoms with E-state index in [4.69, 9.17) is 4.98 Å². The van der Waals surface area contributed by atoms with Crippen molar-refractivity contribution in [2.24, 2.45) is 0 Å². The number of hydrogen-bond donors (Lipinski definition) is 2. The molecule has 0 atom stereocenters. The first-order valence-electron chi connectivity index (χ1n) is 6.39. The van der Waals surface area contributed by atoms with Crippen LogP contribution in [0.15, 0.2) is 59.4 Å². The molecule has 0 aliphatic carbocycles. The fraction of sp³-hybridized carbons (Fsp3) is 0. The third-order valence-electron chi connectivity index (χ3n) is 3.47. The van der Waals surface area contributed by atoms with Crippen LogP contribution in [0, 0.1) is 0 Å². The predicted molar refractivity (Wildman–Crippen MR) is 79.7 cm³/mol. The molecule has 0 fully saturated rings. The van der Waals surface area contributed by atoms with E-state index >= 15 is 0 Å². The molecule has 0 aliphatic heterocycles. The second kappa shape index (κ2) is 4.06. The molecule has 4 nitrogen and oxygen atoms in total. The van der Waals surface area contributed by atoms with Gasteiger partial charge in [0.2, 0.25) is 0 Å². The summed E-state index contributed by atoms with van der Waals surface area (Å²) in [5.41, 5.74) is 3.23. The minimum Gasteiger partial charge on any atom is -0.295 e. The fourth-order valence-corrected chi connectivity index (χ4v) is 2.56. The Bertz CT molecular complexity index is 967. The van der Waals surface area contributed by atoms with E-state index in [9.17, 15) is 4.79 Å². The number of H-pyrrole nitrogens is 2. The minimum absolute atomic E-state index is 0.115. The molecule has 4 aromatic rings. The molecule has 0 unspecified atom stereocenters. The zero-order valence-electron chi connectivity index (χ0n) is 10.6. The van der Waals surface area contributed by atoms with Gasteiger partial charge in [0.15, 0.2) is 0 Å². The molecule has 0 spiro atoms. The highest BCUT2D eigenvalue weighted by Crippen LogP contribution is 2.28. The summed E-state index contributed by atoms with van der Waals surface area (Å²) in [5, 5.41) is 7.13. The van der Waals surface area contributed by atoms with E-state index in [1.54, 1.807) is 0 Å². The van der Waals surface area contributed by atoms with E-state index in [1.807, 2.05) is 54.6 Å². The number of nitrogens with one attached hydrogen (secondary N) is 2. The molecule has 2 N–H and O–H groups in total. The number of benzene rings is 2. The van der Waals surface area contributed by atoms with Crippen LogP contribution in [0.4, 0.5) is 0 Å². The van der Waals surface area contributed by atoms with Crippen molar-refractivity contribution < 1.29 is 0 Å². The number of aromatic amines is 2. The minimum atomic E-state index is -0.115. The Morgan fingerprint density at radius 2 is 1.60 bits per heavy atom. The Hall–Kier alpha value is -2.88. The summed E-state index contributed by atoms with van der Waals surface area (Å²) in [7, 11) is 0. The molecule has 0 radical (unpaired) electrons. The zero-order chi connectivity index (χ0) is 13.5. The van der Waals surface area contributed by atoms with Gasteiger partial charge in [-0.25, -0.2) is 4.98 Å². The maximum Gasteiger partial charge on any atom is 0.272 e. The number of hydrogen-bond acceptors (Lipinski definition) is 2. The van der Waals surface area contributed by atoms with Crippen molar-refractivity contribution in [3.63, 3.8) is 0 Å². The first-order valence-corrected chi connectivity index (χ1v) is 6.39. The zero-order valence-corrected chi connectivity index (χ0v) is 10.6. The fourth-order valence-electron chi connectivity index (χ4n) is 2.56. The second-order valence-electron chi connectivity index (χ2n) is 4.67. The monoisotopic (exact) mass is 261 g/mol. The first kappa shape index (κ1) is 11.0. The summed E-state index contributed by atoms with van der Waals surface area (Å²) in [6.45, 7) is 0. The molecule has 0 bridgehead atoms. The van der Waals surface area contributed by atoms with Crippen LogP contribution in [0.5, 0.6) is 0 Å². The Kier molecular flexibility index (Phi) is 2.23. The van der Waals surface area contributed by atoms with E-state index in [-0.39, 0.29) is 5.56 Å². The molecule has 2 heterocycles. The normalized spacial score (nSPS) is 11.2. The van der Waals surface area contributed by atoms with E-state index in [1.165, 1.54) is 0 Å². The molecule has 2 aromatic heterocycles. The van der Waals surface area contributed by atoms with Gasteiger partial charge >= 0.3 is 0 Å². The number of nitrogens with zero attached hydrogens (tertiary/aromatic N) is 1. The van der Waals surface area contributed by atoms with Crippen molar-refractivity contribution in [3.8, 4) is 11.3 Å². The second-order valence-corrected chi connectivity index (χ2v) is 4.67. The highest BCUT2D eigenvalue weighted by molar-refractivity contribution is 6.08. The van der Waals surface area contributed by atoms with Crippen molar-refractivity contribution in [2.75, 3.05) is 0 Å². The van der Waals surface area contributed by atoms with Crippen molar-refractivity contribution in [1.82, 2.24) is 15.2 Å². The molecule has 0 aliphatic rings. The van der Waals surface area contributed by atoms with Crippen LogP contribution in [0.1, 0.15) is 0 Å². The molecule has 0 saturated carbocycles. The van der Waals surface area contributed by atoms with Crippen molar-refractivity contribution in [3.05, 3.63) is 65.0 Å². The van der Waals surface area contributed by atoms with E-state index in [0.717, 1.165) is 27.7 Å². The lowest BCUT2D eigenvalue weighted by Crippen LogP contribution is -1.99. The molecular formula is C16H11N3O. The summed E-state index contributed by atoms with van der Waals surface area (Å²) in [4.78, 5) is 16.8. The topological polar surface area (TPSA) is 61.5 Å². The maximum atomic E-state index is 12.1. The van der Waals surface area contributed by atoms with Gasteiger partial charge in [-0.1, -0.05) is 48.5 Å². The van der Waals surface area contributed by atoms with Crippen LogP contribution in [-0.4, -0.2) is 15.2 Å². The van der Waals surface area contributed by atoms with Crippen LogP contribution in [-0.2, 0) is 0 Å². The van der Waals surface area contributed by atoms with Crippen molar-refractivity contribution in [2.45, 2.75) is 0 Å². The van der Waals surface area contributed by atoms with Gasteiger partial charge in [0.25, 0.3) is 5.56 Å². The number of rotatable bonds is 1. The molecule has 96 valence electrons. The van der Waals surface area contributed by atoms with E-state index in [0.29, 0.717) is 5.39 Å². The van der Waals surface area contributed by atoms with Gasteiger partial charge in [-0.2, -0.15) is 0 Å². The summed E-state index contributed by atoms with van der Waals surface area (Å²) in [6, 6.07) is 17.5. The summed E-state index contributed by atoms with van der Waals surface area (Å²) in [6.07, 6.45) is 0. The largest absolute Gasteiger partial charge is 0.295 e.